The van der Waals surface area contributed by atoms with Gasteiger partial charge in [0.1, 0.15) is 11.1 Å². The normalized spacial score (nSPS) is 12.4. The van der Waals surface area contributed by atoms with Crippen molar-refractivity contribution < 1.29 is 36.9 Å². The second-order valence-corrected chi connectivity index (χ2v) is 8.25. The Kier molecular flexibility index (Phi) is 9.32. The molecule has 0 heterocycles. The van der Waals surface area contributed by atoms with Gasteiger partial charge in [0.25, 0.3) is 0 Å². The van der Waals surface area contributed by atoms with Gasteiger partial charge < -0.3 is 18.7 Å². The monoisotopic (exact) mass is 396 g/mol. The summed E-state index contributed by atoms with van der Waals surface area (Å²) in [5.41, 5.74) is 0.477. The molecule has 0 bridgehead atoms. The quantitative estimate of drug-likeness (QED) is 0.535. The average molecular weight is 396 g/mol. The lowest BCUT2D eigenvalue weighted by Crippen LogP contribution is -2.16. The largest absolute Gasteiger partial charge is 0.530 e. The fraction of sp³-hybridized carbons (Fsp3) is 0.600. The lowest BCUT2D eigenvalue weighted by atomic mass is 10.2. The van der Waals surface area contributed by atoms with Crippen molar-refractivity contribution in [2.75, 3.05) is 26.4 Å². The number of phosphoric ester groups is 1. The van der Waals surface area contributed by atoms with Crippen LogP contribution in [-0.4, -0.2) is 31.5 Å². The summed E-state index contributed by atoms with van der Waals surface area (Å²) in [6.07, 6.45) is 0. The highest BCUT2D eigenvalue weighted by molar-refractivity contribution is 7.62. The van der Waals surface area contributed by atoms with Gasteiger partial charge >= 0.3 is 15.4 Å². The topological polar surface area (TPSA) is 101 Å². The van der Waals surface area contributed by atoms with E-state index in [1.165, 1.54) is 12.1 Å². The predicted octanol–water partition coefficient (Wildman–Crippen LogP) is 3.63. The molecule has 1 N–H and O–H groups in total. The molecule has 144 valence electrons. The Morgan fingerprint density at radius 1 is 0.880 bits per heavy atom. The Morgan fingerprint density at radius 3 is 1.84 bits per heavy atom. The summed E-state index contributed by atoms with van der Waals surface area (Å²) in [7, 11) is -7.64. The first-order valence-electron chi connectivity index (χ1n) is 8.10. The van der Waals surface area contributed by atoms with Gasteiger partial charge in [-0.05, 0) is 45.4 Å². The lowest BCUT2D eigenvalue weighted by molar-refractivity contribution is 0.167. The summed E-state index contributed by atoms with van der Waals surface area (Å²) in [5.74, 6) is -0.00679. The van der Waals surface area contributed by atoms with Gasteiger partial charge in [0.15, 0.2) is 0 Å². The third-order valence-corrected chi connectivity index (χ3v) is 6.59. The smallest absolute Gasteiger partial charge is 0.403 e. The second kappa shape index (κ2) is 10.4. The van der Waals surface area contributed by atoms with E-state index >= 15 is 0 Å². The minimum atomic E-state index is -3.89. The number of benzene rings is 1. The lowest BCUT2D eigenvalue weighted by Gasteiger charge is -2.23. The molecule has 1 aromatic carbocycles. The summed E-state index contributed by atoms with van der Waals surface area (Å²) in [5, 5.41) is 9.42. The molecule has 0 spiro atoms. The van der Waals surface area contributed by atoms with E-state index in [9.17, 15) is 14.2 Å². The number of aliphatic hydroxyl groups excluding tert-OH is 1. The van der Waals surface area contributed by atoms with Gasteiger partial charge in [0, 0.05) is 0 Å². The molecule has 0 saturated heterocycles. The first kappa shape index (κ1) is 22.3. The standard InChI is InChI=1S/C15H26O8P2/c1-5-19-24(17,20-6-2)15-11-13(12-16)9-10-14(15)23-25(18,21-7-3)22-8-4/h9-11,16H,5-8,12H2,1-4H3. The molecule has 0 fully saturated rings. The average Bonchev–Trinajstić information content (AvgIpc) is 2.56. The van der Waals surface area contributed by atoms with Gasteiger partial charge in [0.05, 0.1) is 33.0 Å². The Bertz CT molecular complexity index is 614. The molecule has 0 aromatic heterocycles. The van der Waals surface area contributed by atoms with E-state index in [1.807, 2.05) is 0 Å². The number of hydrogen-bond donors (Lipinski definition) is 1. The van der Waals surface area contributed by atoms with Crippen molar-refractivity contribution in [3.63, 3.8) is 0 Å². The fourth-order valence-corrected chi connectivity index (χ4v) is 5.03. The van der Waals surface area contributed by atoms with Crippen LogP contribution in [0.4, 0.5) is 0 Å². The maximum absolute atomic E-state index is 13.1. The number of aliphatic hydroxyl groups is 1. The molecule has 0 radical (unpaired) electrons. The highest BCUT2D eigenvalue weighted by atomic mass is 31.2. The van der Waals surface area contributed by atoms with Crippen LogP contribution in [0, 0.1) is 0 Å². The van der Waals surface area contributed by atoms with Gasteiger partial charge in [-0.15, -0.1) is 0 Å². The molecular formula is C15H26O8P2. The highest BCUT2D eigenvalue weighted by Gasteiger charge is 2.35. The van der Waals surface area contributed by atoms with E-state index in [4.69, 9.17) is 22.6 Å². The maximum Gasteiger partial charge on any atom is 0.530 e. The Balaban J connectivity index is 3.40. The summed E-state index contributed by atoms with van der Waals surface area (Å²) < 4.78 is 52.1. The zero-order valence-electron chi connectivity index (χ0n) is 15.0. The van der Waals surface area contributed by atoms with Gasteiger partial charge in [-0.2, -0.15) is 0 Å². The van der Waals surface area contributed by atoms with Crippen molar-refractivity contribution in [2.24, 2.45) is 0 Å². The van der Waals surface area contributed by atoms with E-state index in [1.54, 1.807) is 33.8 Å². The van der Waals surface area contributed by atoms with E-state index in [0.29, 0.717) is 5.56 Å². The van der Waals surface area contributed by atoms with Crippen LogP contribution < -0.4 is 9.83 Å². The molecule has 0 unspecified atom stereocenters. The number of hydrogen-bond acceptors (Lipinski definition) is 8. The zero-order chi connectivity index (χ0) is 18.9. The molecule has 0 aliphatic heterocycles. The zero-order valence-corrected chi connectivity index (χ0v) is 16.8. The van der Waals surface area contributed by atoms with Crippen molar-refractivity contribution in [1.29, 1.82) is 0 Å². The Hall–Kier alpha value is -0.720. The minimum absolute atomic E-state index is 0.00679. The summed E-state index contributed by atoms with van der Waals surface area (Å²) >= 11 is 0. The first-order valence-corrected chi connectivity index (χ1v) is 11.1. The van der Waals surface area contributed by atoms with Crippen LogP contribution in [0.3, 0.4) is 0 Å². The van der Waals surface area contributed by atoms with Crippen molar-refractivity contribution in [3.05, 3.63) is 23.8 Å². The molecular weight excluding hydrogens is 370 g/mol. The van der Waals surface area contributed by atoms with Crippen molar-refractivity contribution in [2.45, 2.75) is 34.3 Å². The Morgan fingerprint density at radius 2 is 1.40 bits per heavy atom. The SMILES string of the molecule is CCOP(=O)(OCC)Oc1ccc(CO)cc1P(=O)(OCC)OCC. The first-order chi connectivity index (χ1) is 11.9. The number of phosphoric acid groups is 1. The molecule has 0 aliphatic rings. The third kappa shape index (κ3) is 6.19. The summed E-state index contributed by atoms with van der Waals surface area (Å²) in [4.78, 5) is 0. The van der Waals surface area contributed by atoms with E-state index in [2.05, 4.69) is 0 Å². The van der Waals surface area contributed by atoms with E-state index in [-0.39, 0.29) is 44.1 Å². The second-order valence-electron chi connectivity index (χ2n) is 4.67. The Labute approximate surface area is 148 Å². The molecule has 0 atom stereocenters. The van der Waals surface area contributed by atoms with E-state index in [0.717, 1.165) is 0 Å². The minimum Gasteiger partial charge on any atom is -0.403 e. The van der Waals surface area contributed by atoms with Crippen LogP contribution in [0.1, 0.15) is 33.3 Å². The fourth-order valence-electron chi connectivity index (χ4n) is 2.00. The van der Waals surface area contributed by atoms with Gasteiger partial charge in [-0.25, -0.2) is 4.57 Å². The van der Waals surface area contributed by atoms with Gasteiger partial charge in [-0.1, -0.05) is 6.07 Å². The van der Waals surface area contributed by atoms with Crippen LogP contribution in [-0.2, 0) is 33.8 Å². The predicted molar refractivity (Wildman–Crippen MR) is 94.3 cm³/mol. The van der Waals surface area contributed by atoms with Gasteiger partial charge in [-0.3, -0.25) is 13.6 Å². The third-order valence-electron chi connectivity index (χ3n) is 2.88. The van der Waals surface area contributed by atoms with E-state index < -0.39 is 15.4 Å². The van der Waals surface area contributed by atoms with Crippen LogP contribution in [0.15, 0.2) is 18.2 Å². The molecule has 1 aromatic rings. The summed E-state index contributed by atoms with van der Waals surface area (Å²) in [6, 6.07) is 4.41. The van der Waals surface area contributed by atoms with Crippen molar-refractivity contribution in [3.8, 4) is 5.75 Å². The molecule has 10 heteroatoms. The summed E-state index contributed by atoms with van der Waals surface area (Å²) in [6.45, 7) is 6.85. The van der Waals surface area contributed by atoms with Gasteiger partial charge in [0.2, 0.25) is 0 Å². The maximum atomic E-state index is 13.1. The number of rotatable bonds is 12. The van der Waals surface area contributed by atoms with Crippen molar-refractivity contribution in [1.82, 2.24) is 0 Å². The van der Waals surface area contributed by atoms with Crippen LogP contribution in [0.5, 0.6) is 5.75 Å². The molecule has 25 heavy (non-hydrogen) atoms. The molecule has 0 amide bonds. The highest BCUT2D eigenvalue weighted by Crippen LogP contribution is 2.54. The van der Waals surface area contributed by atoms with Crippen LogP contribution in [0.2, 0.25) is 0 Å². The molecule has 0 saturated carbocycles. The molecule has 1 rings (SSSR count). The van der Waals surface area contributed by atoms with Crippen LogP contribution >= 0.6 is 15.4 Å². The molecule has 8 nitrogen and oxygen atoms in total. The molecule has 0 aliphatic carbocycles. The van der Waals surface area contributed by atoms with Crippen LogP contribution in [0.25, 0.3) is 0 Å². The van der Waals surface area contributed by atoms with Crippen molar-refractivity contribution >= 4 is 20.7 Å².